The lowest BCUT2D eigenvalue weighted by Gasteiger charge is -2.12. The molecular formula is C14H26O3. The minimum atomic E-state index is -0.343. The van der Waals surface area contributed by atoms with E-state index in [1.807, 2.05) is 0 Å². The summed E-state index contributed by atoms with van der Waals surface area (Å²) in [7, 11) is 0. The van der Waals surface area contributed by atoms with Crippen molar-refractivity contribution in [3.8, 4) is 0 Å². The van der Waals surface area contributed by atoms with Gasteiger partial charge in [0.15, 0.2) is 0 Å². The van der Waals surface area contributed by atoms with Gasteiger partial charge in [0.1, 0.15) is 6.61 Å². The molecule has 0 aliphatic carbocycles. The van der Waals surface area contributed by atoms with Gasteiger partial charge in [-0.15, -0.1) is 0 Å². The van der Waals surface area contributed by atoms with Crippen molar-refractivity contribution >= 4 is 5.97 Å². The second-order valence-electron chi connectivity index (χ2n) is 4.45. The summed E-state index contributed by atoms with van der Waals surface area (Å²) in [6.45, 7) is 10.2. The molecule has 0 fully saturated rings. The summed E-state index contributed by atoms with van der Waals surface area (Å²) in [6, 6.07) is 0. The molecule has 0 rings (SSSR count). The number of hydrogen-bond donors (Lipinski definition) is 0. The molecule has 1 unspecified atom stereocenters. The molecule has 0 saturated heterocycles. The van der Waals surface area contributed by atoms with Crippen molar-refractivity contribution in [2.75, 3.05) is 13.2 Å². The highest BCUT2D eigenvalue weighted by Gasteiger charge is 2.04. The van der Waals surface area contributed by atoms with Crippen molar-refractivity contribution in [1.29, 1.82) is 0 Å². The van der Waals surface area contributed by atoms with E-state index in [0.29, 0.717) is 18.8 Å². The van der Waals surface area contributed by atoms with Crippen molar-refractivity contribution < 1.29 is 14.3 Å². The normalized spacial score (nSPS) is 12.2. The predicted molar refractivity (Wildman–Crippen MR) is 69.9 cm³/mol. The van der Waals surface area contributed by atoms with E-state index in [4.69, 9.17) is 9.47 Å². The van der Waals surface area contributed by atoms with Gasteiger partial charge in [0.25, 0.3) is 0 Å². The third-order valence-corrected chi connectivity index (χ3v) is 2.53. The monoisotopic (exact) mass is 242 g/mol. The topological polar surface area (TPSA) is 35.5 Å². The molecule has 0 aromatic rings. The second kappa shape index (κ2) is 10.3. The first-order valence-electron chi connectivity index (χ1n) is 6.52. The van der Waals surface area contributed by atoms with Gasteiger partial charge < -0.3 is 9.47 Å². The van der Waals surface area contributed by atoms with E-state index < -0.39 is 0 Å². The molecule has 0 aromatic heterocycles. The Morgan fingerprint density at radius 3 is 2.53 bits per heavy atom. The van der Waals surface area contributed by atoms with Crippen LogP contribution >= 0.6 is 0 Å². The quantitative estimate of drug-likeness (QED) is 0.334. The van der Waals surface area contributed by atoms with Gasteiger partial charge in [0.2, 0.25) is 0 Å². The van der Waals surface area contributed by atoms with Crippen LogP contribution < -0.4 is 0 Å². The van der Waals surface area contributed by atoms with E-state index in [1.54, 1.807) is 6.92 Å². The summed E-state index contributed by atoms with van der Waals surface area (Å²) in [5, 5.41) is 0. The smallest absolute Gasteiger partial charge is 0.333 e. The largest absolute Gasteiger partial charge is 0.460 e. The standard InChI is InChI=1S/C14H26O3/c1-5-6-7-8-9-13(4)16-10-11-17-14(15)12(2)3/h13H,2,5-11H2,1,3-4H3. The Bertz CT molecular complexity index is 224. The highest BCUT2D eigenvalue weighted by Crippen LogP contribution is 2.07. The van der Waals surface area contributed by atoms with Gasteiger partial charge in [-0.25, -0.2) is 4.79 Å². The van der Waals surface area contributed by atoms with Gasteiger partial charge in [-0.3, -0.25) is 0 Å². The number of carbonyl (C=O) groups excluding carboxylic acids is 1. The minimum absolute atomic E-state index is 0.246. The Kier molecular flexibility index (Phi) is 9.83. The van der Waals surface area contributed by atoms with E-state index >= 15 is 0 Å². The maximum atomic E-state index is 11.1. The fourth-order valence-corrected chi connectivity index (χ4v) is 1.45. The predicted octanol–water partition coefficient (Wildman–Crippen LogP) is 3.48. The summed E-state index contributed by atoms with van der Waals surface area (Å²) >= 11 is 0. The van der Waals surface area contributed by atoms with Crippen LogP contribution in [0.25, 0.3) is 0 Å². The van der Waals surface area contributed by atoms with Crippen molar-refractivity contribution in [3.05, 3.63) is 12.2 Å². The number of unbranched alkanes of at least 4 members (excludes halogenated alkanes) is 3. The first-order chi connectivity index (χ1) is 8.07. The molecule has 0 amide bonds. The second-order valence-corrected chi connectivity index (χ2v) is 4.45. The van der Waals surface area contributed by atoms with Crippen molar-refractivity contribution in [3.63, 3.8) is 0 Å². The van der Waals surface area contributed by atoms with Crippen LogP contribution in [0.15, 0.2) is 12.2 Å². The lowest BCUT2D eigenvalue weighted by atomic mass is 10.1. The molecule has 0 bridgehead atoms. The van der Waals surface area contributed by atoms with Crippen LogP contribution in [0.4, 0.5) is 0 Å². The molecule has 0 saturated carbocycles. The zero-order valence-electron chi connectivity index (χ0n) is 11.5. The summed E-state index contributed by atoms with van der Waals surface area (Å²) in [6.07, 6.45) is 6.36. The average Bonchev–Trinajstić information content (AvgIpc) is 2.29. The molecule has 0 heterocycles. The fourth-order valence-electron chi connectivity index (χ4n) is 1.45. The number of carbonyl (C=O) groups is 1. The zero-order chi connectivity index (χ0) is 13.1. The molecule has 0 radical (unpaired) electrons. The van der Waals surface area contributed by atoms with Gasteiger partial charge in [0.05, 0.1) is 12.7 Å². The van der Waals surface area contributed by atoms with Crippen LogP contribution in [-0.2, 0) is 14.3 Å². The average molecular weight is 242 g/mol. The number of rotatable bonds is 10. The van der Waals surface area contributed by atoms with Gasteiger partial charge in [0, 0.05) is 5.57 Å². The molecule has 1 atom stereocenters. The lowest BCUT2D eigenvalue weighted by molar-refractivity contribution is -0.141. The molecule has 3 nitrogen and oxygen atoms in total. The van der Waals surface area contributed by atoms with Gasteiger partial charge in [-0.05, 0) is 20.3 Å². The van der Waals surface area contributed by atoms with Gasteiger partial charge in [-0.2, -0.15) is 0 Å². The summed E-state index contributed by atoms with van der Waals surface area (Å²) in [5.74, 6) is -0.343. The maximum absolute atomic E-state index is 11.1. The summed E-state index contributed by atoms with van der Waals surface area (Å²) in [5.41, 5.74) is 0.428. The number of ether oxygens (including phenoxy) is 2. The molecular weight excluding hydrogens is 216 g/mol. The molecule has 0 spiro atoms. The van der Waals surface area contributed by atoms with Gasteiger partial charge in [-0.1, -0.05) is 39.2 Å². The number of hydrogen-bond acceptors (Lipinski definition) is 3. The fraction of sp³-hybridized carbons (Fsp3) is 0.786. The molecule has 100 valence electrons. The van der Waals surface area contributed by atoms with Crippen LogP contribution in [0.1, 0.15) is 52.9 Å². The highest BCUT2D eigenvalue weighted by atomic mass is 16.6. The third kappa shape index (κ3) is 10.1. The van der Waals surface area contributed by atoms with Crippen LogP contribution in [0.2, 0.25) is 0 Å². The lowest BCUT2D eigenvalue weighted by Crippen LogP contribution is -2.15. The van der Waals surface area contributed by atoms with Gasteiger partial charge >= 0.3 is 5.97 Å². The maximum Gasteiger partial charge on any atom is 0.333 e. The molecule has 17 heavy (non-hydrogen) atoms. The first-order valence-corrected chi connectivity index (χ1v) is 6.52. The van der Waals surface area contributed by atoms with E-state index in [2.05, 4.69) is 20.4 Å². The SMILES string of the molecule is C=C(C)C(=O)OCCOC(C)CCCCCC. The van der Waals surface area contributed by atoms with Crippen LogP contribution in [0.5, 0.6) is 0 Å². The van der Waals surface area contributed by atoms with E-state index in [-0.39, 0.29) is 12.1 Å². The number of esters is 1. The molecule has 0 aliphatic rings. The highest BCUT2D eigenvalue weighted by molar-refractivity contribution is 5.86. The van der Waals surface area contributed by atoms with Crippen molar-refractivity contribution in [2.45, 2.75) is 59.0 Å². The van der Waals surface area contributed by atoms with Crippen molar-refractivity contribution in [1.82, 2.24) is 0 Å². The third-order valence-electron chi connectivity index (χ3n) is 2.53. The van der Waals surface area contributed by atoms with E-state index in [1.165, 1.54) is 25.7 Å². The van der Waals surface area contributed by atoms with E-state index in [0.717, 1.165) is 6.42 Å². The Morgan fingerprint density at radius 1 is 1.24 bits per heavy atom. The Morgan fingerprint density at radius 2 is 1.94 bits per heavy atom. The Labute approximate surface area is 105 Å². The Hall–Kier alpha value is -0.830. The summed E-state index contributed by atoms with van der Waals surface area (Å²) < 4.78 is 10.5. The molecule has 0 N–H and O–H groups in total. The van der Waals surface area contributed by atoms with E-state index in [9.17, 15) is 4.79 Å². The first kappa shape index (κ1) is 16.2. The van der Waals surface area contributed by atoms with Crippen LogP contribution in [-0.4, -0.2) is 25.3 Å². The van der Waals surface area contributed by atoms with Crippen LogP contribution in [0.3, 0.4) is 0 Å². The molecule has 3 heteroatoms. The minimum Gasteiger partial charge on any atom is -0.460 e. The summed E-state index contributed by atoms with van der Waals surface area (Å²) in [4.78, 5) is 11.1. The molecule has 0 aliphatic heterocycles. The zero-order valence-corrected chi connectivity index (χ0v) is 11.5. The van der Waals surface area contributed by atoms with Crippen LogP contribution in [0, 0.1) is 0 Å². The Balaban J connectivity index is 3.35. The van der Waals surface area contributed by atoms with Crippen molar-refractivity contribution in [2.24, 2.45) is 0 Å². The molecule has 0 aromatic carbocycles.